The first-order chi connectivity index (χ1) is 9.71. The van der Waals surface area contributed by atoms with Gasteiger partial charge >= 0.3 is 6.18 Å². The summed E-state index contributed by atoms with van der Waals surface area (Å²) in [6.45, 7) is 2.40. The van der Waals surface area contributed by atoms with E-state index < -0.39 is 17.6 Å². The summed E-state index contributed by atoms with van der Waals surface area (Å²) in [5, 5.41) is 0. The maximum absolute atomic E-state index is 12.8. The smallest absolute Gasteiger partial charge is 0.376 e. The number of carbonyl (C=O) groups is 1. The molecule has 1 fully saturated rings. The molecule has 21 heavy (non-hydrogen) atoms. The van der Waals surface area contributed by atoms with Crippen LogP contribution in [0, 0.1) is 0 Å². The van der Waals surface area contributed by atoms with Gasteiger partial charge in [0.25, 0.3) is 5.91 Å². The van der Waals surface area contributed by atoms with Crippen LogP contribution in [0.5, 0.6) is 0 Å². The minimum Gasteiger partial charge on any atom is -0.376 e. The highest BCUT2D eigenvalue weighted by Gasteiger charge is 2.34. The molecule has 0 aromatic heterocycles. The van der Waals surface area contributed by atoms with Crippen LogP contribution in [0.25, 0.3) is 0 Å². The molecular weight excluding hydrogens is 351 g/mol. The molecule has 1 aromatic rings. The third-order valence-electron chi connectivity index (χ3n) is 3.68. The summed E-state index contributed by atoms with van der Waals surface area (Å²) in [5.41, 5.74) is -0.829. The quantitative estimate of drug-likeness (QED) is 0.799. The summed E-state index contributed by atoms with van der Waals surface area (Å²) in [6, 6.07) is 2.95. The maximum Gasteiger partial charge on any atom is 0.416 e. The number of benzene rings is 1. The Kier molecular flexibility index (Phi) is 4.63. The normalized spacial score (nSPS) is 22.4. The van der Waals surface area contributed by atoms with Gasteiger partial charge in [-0.15, -0.1) is 0 Å². The molecule has 116 valence electrons. The number of halogens is 4. The van der Waals surface area contributed by atoms with Crippen LogP contribution < -0.4 is 0 Å². The Hall–Kier alpha value is -1.08. The van der Waals surface area contributed by atoms with Gasteiger partial charge in [0, 0.05) is 18.1 Å². The highest BCUT2D eigenvalue weighted by atomic mass is 79.9. The number of hydrogen-bond donors (Lipinski definition) is 0. The van der Waals surface area contributed by atoms with E-state index in [1.54, 1.807) is 7.05 Å². The zero-order chi connectivity index (χ0) is 15.8. The second-order valence-corrected chi connectivity index (χ2v) is 5.89. The average Bonchev–Trinajstić information content (AvgIpc) is 2.82. The van der Waals surface area contributed by atoms with Gasteiger partial charge < -0.3 is 9.64 Å². The third-order valence-corrected chi connectivity index (χ3v) is 4.37. The standard InChI is InChI=1S/C14H15BrF3NO2/c1-8-12(5-6-21-8)19(2)13(20)10-7-9(14(16,17)18)3-4-11(10)15/h3-4,7-8,12H,5-6H2,1-2H3. The number of nitrogens with zero attached hydrogens (tertiary/aromatic N) is 1. The Morgan fingerprint density at radius 3 is 2.62 bits per heavy atom. The van der Waals surface area contributed by atoms with Gasteiger partial charge in [-0.3, -0.25) is 4.79 Å². The lowest BCUT2D eigenvalue weighted by Gasteiger charge is -2.27. The minimum atomic E-state index is -4.47. The Balaban J connectivity index is 2.30. The molecule has 1 aromatic carbocycles. The lowest BCUT2D eigenvalue weighted by molar-refractivity contribution is -0.137. The highest BCUT2D eigenvalue weighted by Crippen LogP contribution is 2.32. The van der Waals surface area contributed by atoms with E-state index in [9.17, 15) is 18.0 Å². The first-order valence-corrected chi connectivity index (χ1v) is 7.26. The molecule has 1 aliphatic heterocycles. The Bertz CT molecular complexity index is 548. The number of amides is 1. The van der Waals surface area contributed by atoms with Crippen molar-refractivity contribution in [1.29, 1.82) is 0 Å². The van der Waals surface area contributed by atoms with E-state index in [-0.39, 0.29) is 17.7 Å². The Labute approximate surface area is 129 Å². The summed E-state index contributed by atoms with van der Waals surface area (Å²) < 4.78 is 44.0. The second-order valence-electron chi connectivity index (χ2n) is 5.04. The molecule has 0 aliphatic carbocycles. The summed E-state index contributed by atoms with van der Waals surface area (Å²) in [6.07, 6.45) is -3.92. The van der Waals surface area contributed by atoms with Crippen LogP contribution in [-0.4, -0.2) is 36.6 Å². The van der Waals surface area contributed by atoms with E-state index >= 15 is 0 Å². The van der Waals surface area contributed by atoms with Crippen molar-refractivity contribution in [3.63, 3.8) is 0 Å². The fourth-order valence-electron chi connectivity index (χ4n) is 2.44. The number of carbonyl (C=O) groups excluding carboxylic acids is 1. The second kappa shape index (κ2) is 5.96. The SMILES string of the molecule is CC1OCCC1N(C)C(=O)c1cc(C(F)(F)F)ccc1Br. The van der Waals surface area contributed by atoms with Gasteiger partial charge in [-0.2, -0.15) is 13.2 Å². The zero-order valence-corrected chi connectivity index (χ0v) is 13.2. The topological polar surface area (TPSA) is 29.5 Å². The lowest BCUT2D eigenvalue weighted by Crippen LogP contribution is -2.41. The molecule has 2 rings (SSSR count). The molecule has 0 bridgehead atoms. The van der Waals surface area contributed by atoms with Gasteiger partial charge in [-0.1, -0.05) is 0 Å². The Morgan fingerprint density at radius 2 is 2.10 bits per heavy atom. The van der Waals surface area contributed by atoms with Crippen molar-refractivity contribution >= 4 is 21.8 Å². The number of alkyl halides is 3. The van der Waals surface area contributed by atoms with Gasteiger partial charge in [-0.05, 0) is 47.5 Å². The fraction of sp³-hybridized carbons (Fsp3) is 0.500. The minimum absolute atomic E-state index is 0.00595. The molecule has 3 nitrogen and oxygen atoms in total. The van der Waals surface area contributed by atoms with Crippen LogP contribution in [0.3, 0.4) is 0 Å². The molecule has 2 unspecified atom stereocenters. The molecule has 0 spiro atoms. The van der Waals surface area contributed by atoms with Crippen molar-refractivity contribution in [3.8, 4) is 0 Å². The highest BCUT2D eigenvalue weighted by molar-refractivity contribution is 9.10. The van der Waals surface area contributed by atoms with Crippen LogP contribution in [0.15, 0.2) is 22.7 Å². The lowest BCUT2D eigenvalue weighted by atomic mass is 10.1. The molecule has 7 heteroatoms. The average molecular weight is 366 g/mol. The van der Waals surface area contributed by atoms with Crippen molar-refractivity contribution in [2.45, 2.75) is 31.7 Å². The van der Waals surface area contributed by atoms with Gasteiger partial charge in [0.05, 0.1) is 23.3 Å². The first-order valence-electron chi connectivity index (χ1n) is 6.47. The summed E-state index contributed by atoms with van der Waals surface area (Å²) in [4.78, 5) is 13.9. The number of likely N-dealkylation sites (N-methyl/N-ethyl adjacent to an activating group) is 1. The van der Waals surface area contributed by atoms with E-state index in [4.69, 9.17) is 4.74 Å². The summed E-state index contributed by atoms with van der Waals surface area (Å²) in [7, 11) is 1.59. The molecule has 0 N–H and O–H groups in total. The predicted octanol–water partition coefficient (Wildman–Crippen LogP) is 3.72. The van der Waals surface area contributed by atoms with Gasteiger partial charge in [0.2, 0.25) is 0 Å². The predicted molar refractivity (Wildman–Crippen MR) is 75.1 cm³/mol. The van der Waals surface area contributed by atoms with Crippen molar-refractivity contribution < 1.29 is 22.7 Å². The number of hydrogen-bond acceptors (Lipinski definition) is 2. The molecule has 0 radical (unpaired) electrons. The molecule has 0 saturated carbocycles. The van der Waals surface area contributed by atoms with Crippen LogP contribution in [-0.2, 0) is 10.9 Å². The van der Waals surface area contributed by atoms with E-state index in [0.717, 1.165) is 12.1 Å². The van der Waals surface area contributed by atoms with Gasteiger partial charge in [0.15, 0.2) is 0 Å². The van der Waals surface area contributed by atoms with E-state index in [0.29, 0.717) is 17.5 Å². The Morgan fingerprint density at radius 1 is 1.43 bits per heavy atom. The largest absolute Gasteiger partial charge is 0.416 e. The summed E-state index contributed by atoms with van der Waals surface area (Å²) in [5.74, 6) is -0.449. The van der Waals surface area contributed by atoms with Crippen molar-refractivity contribution in [2.24, 2.45) is 0 Å². The van der Waals surface area contributed by atoms with Crippen molar-refractivity contribution in [2.75, 3.05) is 13.7 Å². The number of ether oxygens (including phenoxy) is 1. The molecule has 1 saturated heterocycles. The molecular formula is C14H15BrF3NO2. The molecule has 1 heterocycles. The molecule has 1 aliphatic rings. The number of rotatable bonds is 2. The van der Waals surface area contributed by atoms with E-state index in [1.807, 2.05) is 6.92 Å². The van der Waals surface area contributed by atoms with Crippen LogP contribution >= 0.6 is 15.9 Å². The zero-order valence-electron chi connectivity index (χ0n) is 11.6. The third kappa shape index (κ3) is 3.40. The van der Waals surface area contributed by atoms with Crippen molar-refractivity contribution in [3.05, 3.63) is 33.8 Å². The molecule has 2 atom stereocenters. The maximum atomic E-state index is 12.8. The fourth-order valence-corrected chi connectivity index (χ4v) is 2.85. The van der Waals surface area contributed by atoms with Crippen LogP contribution in [0.4, 0.5) is 13.2 Å². The van der Waals surface area contributed by atoms with Gasteiger partial charge in [-0.25, -0.2) is 0 Å². The van der Waals surface area contributed by atoms with Crippen LogP contribution in [0.1, 0.15) is 29.3 Å². The van der Waals surface area contributed by atoms with E-state index in [1.165, 1.54) is 11.0 Å². The van der Waals surface area contributed by atoms with Crippen LogP contribution in [0.2, 0.25) is 0 Å². The van der Waals surface area contributed by atoms with E-state index in [2.05, 4.69) is 15.9 Å². The first kappa shape index (κ1) is 16.3. The summed E-state index contributed by atoms with van der Waals surface area (Å²) >= 11 is 3.14. The van der Waals surface area contributed by atoms with Crippen molar-refractivity contribution in [1.82, 2.24) is 4.90 Å². The molecule has 1 amide bonds. The monoisotopic (exact) mass is 365 g/mol. The van der Waals surface area contributed by atoms with Gasteiger partial charge in [0.1, 0.15) is 0 Å².